The number of hydrogen-bond acceptors (Lipinski definition) is 4. The van der Waals surface area contributed by atoms with Gasteiger partial charge in [-0.15, -0.1) is 0 Å². The smallest absolute Gasteiger partial charge is 0.327 e. The summed E-state index contributed by atoms with van der Waals surface area (Å²) in [4.78, 5) is 32.7. The highest BCUT2D eigenvalue weighted by Crippen LogP contribution is 2.27. The van der Waals surface area contributed by atoms with Gasteiger partial charge in [0, 0.05) is 50.0 Å². The Morgan fingerprint density at radius 3 is 2.52 bits per heavy atom. The van der Waals surface area contributed by atoms with Gasteiger partial charge in [0.1, 0.15) is 6.04 Å². The first-order valence-corrected chi connectivity index (χ1v) is 10.4. The summed E-state index contributed by atoms with van der Waals surface area (Å²) in [5.74, 6) is 0.0210. The van der Waals surface area contributed by atoms with E-state index in [2.05, 4.69) is 15.9 Å². The second-order valence-electron chi connectivity index (χ2n) is 7.64. The first kappa shape index (κ1) is 18.6. The van der Waals surface area contributed by atoms with E-state index in [1.807, 2.05) is 18.2 Å². The maximum absolute atomic E-state index is 12.3. The van der Waals surface area contributed by atoms with Crippen LogP contribution in [0.1, 0.15) is 25.7 Å². The van der Waals surface area contributed by atoms with E-state index in [4.69, 9.17) is 11.6 Å². The summed E-state index contributed by atoms with van der Waals surface area (Å²) >= 11 is 6.09. The third-order valence-electron chi connectivity index (χ3n) is 5.93. The Bertz CT molecular complexity index is 683. The van der Waals surface area contributed by atoms with Crippen molar-refractivity contribution in [1.29, 1.82) is 0 Å². The number of anilines is 1. The van der Waals surface area contributed by atoms with Crippen LogP contribution in [0.2, 0.25) is 5.02 Å². The third kappa shape index (κ3) is 3.92. The zero-order valence-electron chi connectivity index (χ0n) is 15.6. The van der Waals surface area contributed by atoms with Crippen LogP contribution in [0.15, 0.2) is 24.3 Å². The molecule has 1 aromatic carbocycles. The second-order valence-corrected chi connectivity index (χ2v) is 8.08. The van der Waals surface area contributed by atoms with E-state index in [9.17, 15) is 9.59 Å². The van der Waals surface area contributed by atoms with E-state index >= 15 is 0 Å². The number of amides is 3. The fraction of sp³-hybridized carbons (Fsp3) is 0.600. The van der Waals surface area contributed by atoms with Gasteiger partial charge < -0.3 is 9.80 Å². The number of hydrogen-bond donors (Lipinski definition) is 0. The van der Waals surface area contributed by atoms with Crippen LogP contribution in [0.4, 0.5) is 10.5 Å². The van der Waals surface area contributed by atoms with Crippen LogP contribution in [0.5, 0.6) is 0 Å². The van der Waals surface area contributed by atoms with Crippen molar-refractivity contribution >= 4 is 29.2 Å². The quantitative estimate of drug-likeness (QED) is 0.553. The molecule has 1 aromatic rings. The standard InChI is InChI=1S/C20H27ClN4O2/c21-16-5-3-6-17(15-16)23-13-11-22(12-14-23)8-1-2-9-25-19(26)18-7-4-10-24(18)20(25)27/h3,5-6,15,18H,1-2,4,7-14H2/t18-/m1/s1. The molecule has 1 atom stereocenters. The number of unbranched alkanes of at least 4 members (excludes halogenated alkanes) is 1. The summed E-state index contributed by atoms with van der Waals surface area (Å²) in [5, 5.41) is 0.779. The van der Waals surface area contributed by atoms with Crippen LogP contribution >= 0.6 is 11.6 Å². The predicted molar refractivity (Wildman–Crippen MR) is 106 cm³/mol. The molecule has 27 heavy (non-hydrogen) atoms. The zero-order chi connectivity index (χ0) is 18.8. The molecule has 0 unspecified atom stereocenters. The minimum Gasteiger partial charge on any atom is -0.369 e. The molecule has 3 saturated heterocycles. The Hall–Kier alpha value is -1.79. The van der Waals surface area contributed by atoms with Crippen molar-refractivity contribution in [3.63, 3.8) is 0 Å². The number of carbonyl (C=O) groups excluding carboxylic acids is 2. The average molecular weight is 391 g/mol. The van der Waals surface area contributed by atoms with Crippen molar-refractivity contribution in [2.45, 2.75) is 31.7 Å². The Morgan fingerprint density at radius 2 is 1.78 bits per heavy atom. The number of piperazine rings is 1. The summed E-state index contributed by atoms with van der Waals surface area (Å²) in [6.45, 7) is 6.39. The molecule has 3 amide bonds. The molecule has 0 N–H and O–H groups in total. The van der Waals surface area contributed by atoms with Crippen LogP contribution in [0, 0.1) is 0 Å². The van der Waals surface area contributed by atoms with E-state index < -0.39 is 0 Å². The van der Waals surface area contributed by atoms with Gasteiger partial charge in [0.25, 0.3) is 5.91 Å². The molecule has 4 rings (SSSR count). The van der Waals surface area contributed by atoms with Crippen LogP contribution in [-0.4, -0.2) is 78.5 Å². The molecule has 0 aliphatic carbocycles. The lowest BCUT2D eigenvalue weighted by atomic mass is 10.2. The molecule has 0 radical (unpaired) electrons. The number of imide groups is 1. The minimum atomic E-state index is -0.169. The van der Waals surface area contributed by atoms with Crippen molar-refractivity contribution < 1.29 is 9.59 Å². The molecule has 0 aromatic heterocycles. The van der Waals surface area contributed by atoms with Crippen LogP contribution in [0.3, 0.4) is 0 Å². The van der Waals surface area contributed by atoms with Gasteiger partial charge in [-0.05, 0) is 50.4 Å². The van der Waals surface area contributed by atoms with E-state index in [1.54, 1.807) is 4.90 Å². The molecule has 0 spiro atoms. The largest absolute Gasteiger partial charge is 0.369 e. The van der Waals surface area contributed by atoms with E-state index in [0.29, 0.717) is 6.54 Å². The maximum atomic E-state index is 12.3. The predicted octanol–water partition coefficient (Wildman–Crippen LogP) is 2.67. The van der Waals surface area contributed by atoms with Gasteiger partial charge in [0.15, 0.2) is 0 Å². The Morgan fingerprint density at radius 1 is 1.00 bits per heavy atom. The number of halogens is 1. The van der Waals surface area contributed by atoms with E-state index in [1.165, 1.54) is 10.6 Å². The fourth-order valence-electron chi connectivity index (χ4n) is 4.40. The van der Waals surface area contributed by atoms with Crippen molar-refractivity contribution in [3.05, 3.63) is 29.3 Å². The third-order valence-corrected chi connectivity index (χ3v) is 6.17. The van der Waals surface area contributed by atoms with Gasteiger partial charge in [0.2, 0.25) is 0 Å². The van der Waals surface area contributed by atoms with Gasteiger partial charge in [0.05, 0.1) is 0 Å². The zero-order valence-corrected chi connectivity index (χ0v) is 16.4. The lowest BCUT2D eigenvalue weighted by Gasteiger charge is -2.36. The molecule has 3 heterocycles. The summed E-state index contributed by atoms with van der Waals surface area (Å²) in [7, 11) is 0. The monoisotopic (exact) mass is 390 g/mol. The molecule has 0 saturated carbocycles. The highest BCUT2D eigenvalue weighted by molar-refractivity contribution is 6.30. The molecule has 146 valence electrons. The van der Waals surface area contributed by atoms with Gasteiger partial charge in [-0.2, -0.15) is 0 Å². The van der Waals surface area contributed by atoms with Gasteiger partial charge in [-0.3, -0.25) is 14.6 Å². The normalized spacial score (nSPS) is 23.4. The SMILES string of the molecule is O=C1[C@H]2CCCN2C(=O)N1CCCCN1CCN(c2cccc(Cl)c2)CC1. The van der Waals surface area contributed by atoms with E-state index in [-0.39, 0.29) is 18.0 Å². The molecule has 0 bridgehead atoms. The van der Waals surface area contributed by atoms with Crippen LogP contribution in [0.25, 0.3) is 0 Å². The van der Waals surface area contributed by atoms with Crippen LogP contribution < -0.4 is 4.90 Å². The average Bonchev–Trinajstić information content (AvgIpc) is 3.24. The number of rotatable bonds is 6. The molecule has 7 heteroatoms. The second kappa shape index (κ2) is 8.07. The summed E-state index contributed by atoms with van der Waals surface area (Å²) in [6, 6.07) is 7.79. The maximum Gasteiger partial charge on any atom is 0.327 e. The lowest BCUT2D eigenvalue weighted by Crippen LogP contribution is -2.46. The number of urea groups is 1. The number of nitrogens with zero attached hydrogens (tertiary/aromatic N) is 4. The first-order chi connectivity index (χ1) is 13.1. The molecular weight excluding hydrogens is 364 g/mol. The van der Waals surface area contributed by atoms with Crippen molar-refractivity contribution in [2.75, 3.05) is 50.7 Å². The molecule has 3 aliphatic rings. The fourth-order valence-corrected chi connectivity index (χ4v) is 4.58. The van der Waals surface area contributed by atoms with Gasteiger partial charge >= 0.3 is 6.03 Å². The highest BCUT2D eigenvalue weighted by Gasteiger charge is 2.46. The topological polar surface area (TPSA) is 47.1 Å². The molecule has 3 fully saturated rings. The van der Waals surface area contributed by atoms with Crippen molar-refractivity contribution in [2.24, 2.45) is 0 Å². The summed E-state index contributed by atoms with van der Waals surface area (Å²) < 4.78 is 0. The first-order valence-electron chi connectivity index (χ1n) is 9.98. The van der Waals surface area contributed by atoms with Crippen LogP contribution in [-0.2, 0) is 4.79 Å². The highest BCUT2D eigenvalue weighted by atomic mass is 35.5. The molecule has 6 nitrogen and oxygen atoms in total. The minimum absolute atomic E-state index is 0.0210. The molecular formula is C20H27ClN4O2. The Kier molecular flexibility index (Phi) is 5.55. The summed E-state index contributed by atoms with van der Waals surface area (Å²) in [5.41, 5.74) is 1.19. The number of fused-ring (bicyclic) bond motifs is 1. The van der Waals surface area contributed by atoms with Crippen molar-refractivity contribution in [3.8, 4) is 0 Å². The summed E-state index contributed by atoms with van der Waals surface area (Å²) in [6.07, 6.45) is 3.68. The number of benzene rings is 1. The number of carbonyl (C=O) groups is 2. The van der Waals surface area contributed by atoms with E-state index in [0.717, 1.165) is 70.0 Å². The van der Waals surface area contributed by atoms with Crippen molar-refractivity contribution in [1.82, 2.24) is 14.7 Å². The lowest BCUT2D eigenvalue weighted by molar-refractivity contribution is -0.128. The molecule has 3 aliphatic heterocycles. The van der Waals surface area contributed by atoms with Gasteiger partial charge in [-0.1, -0.05) is 17.7 Å². The Balaban J connectivity index is 1.17. The Labute approximate surface area is 165 Å². The van der Waals surface area contributed by atoms with Gasteiger partial charge in [-0.25, -0.2) is 4.79 Å².